The van der Waals surface area contributed by atoms with Crippen molar-refractivity contribution >= 4 is 35.1 Å². The van der Waals surface area contributed by atoms with E-state index in [1.165, 1.54) is 37.4 Å². The summed E-state index contributed by atoms with van der Waals surface area (Å²) in [5.41, 5.74) is 0.607. The largest absolute Gasteiger partial charge is 0.383 e. The summed E-state index contributed by atoms with van der Waals surface area (Å²) in [5, 5.41) is 16.9. The van der Waals surface area contributed by atoms with Gasteiger partial charge in [-0.15, -0.1) is 0 Å². The van der Waals surface area contributed by atoms with Crippen LogP contribution in [-0.2, 0) is 9.63 Å². The van der Waals surface area contributed by atoms with Crippen LogP contribution < -0.4 is 5.32 Å². The van der Waals surface area contributed by atoms with Crippen LogP contribution in [0.25, 0.3) is 0 Å². The van der Waals surface area contributed by atoms with Crippen LogP contribution in [-0.4, -0.2) is 23.1 Å². The number of carbonyl (C=O) groups excluding carboxylic acids is 1. The van der Waals surface area contributed by atoms with Gasteiger partial charge in [0.25, 0.3) is 11.6 Å². The van der Waals surface area contributed by atoms with E-state index in [1.54, 1.807) is 6.07 Å². The molecule has 7 nitrogen and oxygen atoms in total. The minimum atomic E-state index is -0.962. The average molecular weight is 366 g/mol. The summed E-state index contributed by atoms with van der Waals surface area (Å²) < 4.78 is 13.0. The van der Waals surface area contributed by atoms with E-state index in [2.05, 4.69) is 10.5 Å². The smallest absolute Gasteiger partial charge is 0.270 e. The third-order valence-electron chi connectivity index (χ3n) is 3.06. The van der Waals surface area contributed by atoms with Gasteiger partial charge < -0.3 is 10.2 Å². The highest BCUT2D eigenvalue weighted by Gasteiger charge is 2.16. The van der Waals surface area contributed by atoms with Gasteiger partial charge in [0.1, 0.15) is 5.82 Å². The number of nitrogens with zero attached hydrogens (tertiary/aromatic N) is 2. The SMILES string of the molecule is C[C@H](O/N=C\c1cccc([N+](=O)[O-])c1)C(=O)Nc1ccc(F)cc1Cl. The van der Waals surface area contributed by atoms with Crippen molar-refractivity contribution in [3.63, 3.8) is 0 Å². The molecule has 0 saturated heterocycles. The van der Waals surface area contributed by atoms with E-state index in [-0.39, 0.29) is 16.4 Å². The normalized spacial score (nSPS) is 12.0. The van der Waals surface area contributed by atoms with Gasteiger partial charge in [0.15, 0.2) is 0 Å². The molecule has 0 aromatic heterocycles. The molecule has 0 heterocycles. The number of benzene rings is 2. The summed E-state index contributed by atoms with van der Waals surface area (Å²) in [6.07, 6.45) is 0.290. The molecule has 0 aliphatic heterocycles. The molecule has 2 rings (SSSR count). The highest BCUT2D eigenvalue weighted by Crippen LogP contribution is 2.22. The fourth-order valence-corrected chi connectivity index (χ4v) is 1.99. The van der Waals surface area contributed by atoms with Crippen LogP contribution in [0.3, 0.4) is 0 Å². The number of oxime groups is 1. The molecule has 1 amide bonds. The Hall–Kier alpha value is -3.00. The molecule has 2 aromatic rings. The fourth-order valence-electron chi connectivity index (χ4n) is 1.77. The van der Waals surface area contributed by atoms with E-state index in [0.29, 0.717) is 5.56 Å². The molecule has 0 aliphatic rings. The van der Waals surface area contributed by atoms with E-state index >= 15 is 0 Å². The Morgan fingerprint density at radius 2 is 2.16 bits per heavy atom. The van der Waals surface area contributed by atoms with Crippen LogP contribution in [0.2, 0.25) is 5.02 Å². The summed E-state index contributed by atoms with van der Waals surface area (Å²) in [4.78, 5) is 27.2. The van der Waals surface area contributed by atoms with Gasteiger partial charge in [0, 0.05) is 17.7 Å². The van der Waals surface area contributed by atoms with Crippen molar-refractivity contribution in [2.45, 2.75) is 13.0 Å². The van der Waals surface area contributed by atoms with E-state index in [0.717, 1.165) is 12.1 Å². The molecule has 0 spiro atoms. The predicted octanol–water partition coefficient (Wildman–Crippen LogP) is 3.77. The summed E-state index contributed by atoms with van der Waals surface area (Å²) in [5.74, 6) is -1.06. The molecule has 0 bridgehead atoms. The number of nitro benzene ring substituents is 1. The van der Waals surface area contributed by atoms with E-state index in [1.807, 2.05) is 0 Å². The Balaban J connectivity index is 1.95. The molecule has 0 saturated carbocycles. The number of hydrogen-bond acceptors (Lipinski definition) is 5. The Bertz CT molecular complexity index is 829. The first-order valence-electron chi connectivity index (χ1n) is 7.06. The summed E-state index contributed by atoms with van der Waals surface area (Å²) in [6.45, 7) is 1.46. The molecule has 130 valence electrons. The lowest BCUT2D eigenvalue weighted by atomic mass is 10.2. The number of nitrogens with one attached hydrogen (secondary N) is 1. The molecule has 0 unspecified atom stereocenters. The van der Waals surface area contributed by atoms with Crippen molar-refractivity contribution in [1.29, 1.82) is 0 Å². The predicted molar refractivity (Wildman–Crippen MR) is 91.3 cm³/mol. The van der Waals surface area contributed by atoms with Gasteiger partial charge in [-0.25, -0.2) is 4.39 Å². The number of non-ortho nitro benzene ring substituents is 1. The van der Waals surface area contributed by atoms with Crippen molar-refractivity contribution in [2.24, 2.45) is 5.16 Å². The maximum atomic E-state index is 13.0. The Morgan fingerprint density at radius 1 is 1.40 bits per heavy atom. The second-order valence-corrected chi connectivity index (χ2v) is 5.35. The van der Waals surface area contributed by atoms with E-state index in [4.69, 9.17) is 16.4 Å². The third kappa shape index (κ3) is 5.25. The number of nitro groups is 1. The zero-order chi connectivity index (χ0) is 18.4. The fraction of sp³-hybridized carbons (Fsp3) is 0.125. The molecule has 9 heteroatoms. The van der Waals surface area contributed by atoms with Crippen molar-refractivity contribution < 1.29 is 18.9 Å². The van der Waals surface area contributed by atoms with Crippen LogP contribution in [0.5, 0.6) is 0 Å². The minimum absolute atomic E-state index is 0.0562. The standard InChI is InChI=1S/C16H13ClFN3O4/c1-10(16(22)20-15-6-5-12(18)8-14(15)17)25-19-9-11-3-2-4-13(7-11)21(23)24/h2-10H,1H3,(H,20,22)/b19-9-/t10-/m0/s1. The molecular formula is C16H13ClFN3O4. The molecule has 25 heavy (non-hydrogen) atoms. The maximum Gasteiger partial charge on any atom is 0.270 e. The zero-order valence-electron chi connectivity index (χ0n) is 13.0. The Labute approximate surface area is 147 Å². The van der Waals surface area contributed by atoms with Gasteiger partial charge in [-0.3, -0.25) is 14.9 Å². The molecule has 2 aromatic carbocycles. The quantitative estimate of drug-likeness (QED) is 0.479. The second kappa shape index (κ2) is 8.20. The van der Waals surface area contributed by atoms with Crippen LogP contribution in [0.15, 0.2) is 47.6 Å². The molecule has 1 atom stereocenters. The second-order valence-electron chi connectivity index (χ2n) is 4.95. The van der Waals surface area contributed by atoms with Gasteiger partial charge in [0.05, 0.1) is 21.8 Å². The summed E-state index contributed by atoms with van der Waals surface area (Å²) in [7, 11) is 0. The lowest BCUT2D eigenvalue weighted by Gasteiger charge is -2.11. The Morgan fingerprint density at radius 3 is 2.84 bits per heavy atom. The van der Waals surface area contributed by atoms with Crippen molar-refractivity contribution in [2.75, 3.05) is 5.32 Å². The molecule has 0 fully saturated rings. The minimum Gasteiger partial charge on any atom is -0.383 e. The van der Waals surface area contributed by atoms with Gasteiger partial charge >= 0.3 is 0 Å². The van der Waals surface area contributed by atoms with E-state index in [9.17, 15) is 19.3 Å². The number of carbonyl (C=O) groups is 1. The molecule has 0 radical (unpaired) electrons. The topological polar surface area (TPSA) is 93.8 Å². The van der Waals surface area contributed by atoms with Crippen LogP contribution in [0.1, 0.15) is 12.5 Å². The summed E-state index contributed by atoms with van der Waals surface area (Å²) >= 11 is 5.82. The number of hydrogen-bond donors (Lipinski definition) is 1. The number of halogens is 2. The Kier molecular flexibility index (Phi) is 6.02. The van der Waals surface area contributed by atoms with Gasteiger partial charge in [-0.1, -0.05) is 28.9 Å². The summed E-state index contributed by atoms with van der Waals surface area (Å²) in [6, 6.07) is 9.33. The lowest BCUT2D eigenvalue weighted by molar-refractivity contribution is -0.384. The highest BCUT2D eigenvalue weighted by molar-refractivity contribution is 6.33. The number of rotatable bonds is 6. The molecule has 1 N–H and O–H groups in total. The van der Waals surface area contributed by atoms with Crippen LogP contribution in [0.4, 0.5) is 15.8 Å². The molecule has 0 aliphatic carbocycles. The number of anilines is 1. The van der Waals surface area contributed by atoms with E-state index < -0.39 is 22.8 Å². The van der Waals surface area contributed by atoms with Gasteiger partial charge in [-0.05, 0) is 25.1 Å². The van der Waals surface area contributed by atoms with Crippen molar-refractivity contribution in [1.82, 2.24) is 0 Å². The maximum absolute atomic E-state index is 13.0. The zero-order valence-corrected chi connectivity index (χ0v) is 13.7. The lowest BCUT2D eigenvalue weighted by Crippen LogP contribution is -2.26. The van der Waals surface area contributed by atoms with Crippen LogP contribution >= 0.6 is 11.6 Å². The van der Waals surface area contributed by atoms with Gasteiger partial charge in [0.2, 0.25) is 6.10 Å². The van der Waals surface area contributed by atoms with Crippen LogP contribution in [0, 0.1) is 15.9 Å². The third-order valence-corrected chi connectivity index (χ3v) is 3.37. The first-order valence-corrected chi connectivity index (χ1v) is 7.44. The number of amides is 1. The first kappa shape index (κ1) is 18.3. The highest BCUT2D eigenvalue weighted by atomic mass is 35.5. The first-order chi connectivity index (χ1) is 11.9. The average Bonchev–Trinajstić information content (AvgIpc) is 2.57. The monoisotopic (exact) mass is 365 g/mol. The molecular weight excluding hydrogens is 353 g/mol. The van der Waals surface area contributed by atoms with Crippen molar-refractivity contribution in [3.05, 3.63) is 69.0 Å². The van der Waals surface area contributed by atoms with Gasteiger partial charge in [-0.2, -0.15) is 0 Å². The van der Waals surface area contributed by atoms with Crippen molar-refractivity contribution in [3.8, 4) is 0 Å².